The molecule has 6 atom stereocenters. The quantitative estimate of drug-likeness (QED) is 0.169. The summed E-state index contributed by atoms with van der Waals surface area (Å²) in [5.41, 5.74) is 1.16. The average Bonchev–Trinajstić information content (AvgIpc) is 2.96. The molecule has 11 nitrogen and oxygen atoms in total. The minimum atomic E-state index is -1.44. The van der Waals surface area contributed by atoms with Crippen LogP contribution < -0.4 is 9.47 Å². The largest absolute Gasteiger partial charge is 0.508 e. The van der Waals surface area contributed by atoms with Crippen molar-refractivity contribution in [3.05, 3.63) is 95.1 Å². The summed E-state index contributed by atoms with van der Waals surface area (Å²) < 4.78 is 18.4. The first-order valence-corrected chi connectivity index (χ1v) is 12.7. The van der Waals surface area contributed by atoms with Gasteiger partial charge in [-0.15, -0.1) is 0 Å². The first-order valence-electron chi connectivity index (χ1n) is 12.7. The van der Waals surface area contributed by atoms with Gasteiger partial charge in [-0.2, -0.15) is 0 Å². The lowest BCUT2D eigenvalue weighted by atomic mass is 9.89. The first-order chi connectivity index (χ1) is 19.6. The third kappa shape index (κ3) is 4.45. The number of benzene rings is 4. The SMILES string of the molecule is Oc1ccc([C@H]2Oc3c(ccc(O)c3O)[C@H](O[C@H]3[C@@H](c4ccc(O)cc4)Oc4c(ccc(O)c4O)[C@@H]3O)[C@H]2O)cc1. The molecule has 0 unspecified atom stereocenters. The van der Waals surface area contributed by atoms with Gasteiger partial charge in [0.2, 0.25) is 11.5 Å². The van der Waals surface area contributed by atoms with Gasteiger partial charge >= 0.3 is 0 Å². The maximum atomic E-state index is 11.6. The summed E-state index contributed by atoms with van der Waals surface area (Å²) in [6, 6.07) is 16.9. The number of aromatic hydroxyl groups is 6. The highest BCUT2D eigenvalue weighted by atomic mass is 16.6. The summed E-state index contributed by atoms with van der Waals surface area (Å²) in [4.78, 5) is 0. The molecule has 4 aromatic carbocycles. The van der Waals surface area contributed by atoms with E-state index in [2.05, 4.69) is 0 Å². The normalized spacial score (nSPS) is 24.9. The Morgan fingerprint density at radius 3 is 1.56 bits per heavy atom. The van der Waals surface area contributed by atoms with E-state index in [1.807, 2.05) is 0 Å². The molecule has 2 heterocycles. The summed E-state index contributed by atoms with van der Waals surface area (Å²) in [6.07, 6.45) is -7.58. The predicted molar refractivity (Wildman–Crippen MR) is 141 cm³/mol. The van der Waals surface area contributed by atoms with Crippen LogP contribution in [-0.4, -0.2) is 53.1 Å². The third-order valence-corrected chi connectivity index (χ3v) is 7.37. The molecule has 0 bridgehead atoms. The Kier molecular flexibility index (Phi) is 6.41. The molecule has 0 saturated heterocycles. The van der Waals surface area contributed by atoms with Gasteiger partial charge in [0, 0.05) is 11.1 Å². The van der Waals surface area contributed by atoms with Gasteiger partial charge in [0.25, 0.3) is 0 Å². The molecule has 11 heteroatoms. The van der Waals surface area contributed by atoms with Crippen LogP contribution >= 0.6 is 0 Å². The molecular weight excluding hydrogens is 536 g/mol. The zero-order valence-electron chi connectivity index (χ0n) is 21.2. The minimum Gasteiger partial charge on any atom is -0.508 e. The number of phenols is 6. The molecule has 212 valence electrons. The number of ether oxygens (including phenoxy) is 3. The van der Waals surface area contributed by atoms with Crippen molar-refractivity contribution in [2.45, 2.75) is 36.6 Å². The minimum absolute atomic E-state index is 0.0140. The van der Waals surface area contributed by atoms with Crippen LogP contribution in [0.5, 0.6) is 46.0 Å². The maximum absolute atomic E-state index is 11.6. The molecule has 6 rings (SSSR count). The van der Waals surface area contributed by atoms with E-state index in [9.17, 15) is 40.9 Å². The second-order valence-electron chi connectivity index (χ2n) is 9.92. The Hall–Kier alpha value is -4.84. The second-order valence-corrected chi connectivity index (χ2v) is 9.92. The predicted octanol–water partition coefficient (Wildman–Crippen LogP) is 3.71. The molecule has 0 aliphatic carbocycles. The molecule has 8 N–H and O–H groups in total. The number of hydrogen-bond donors (Lipinski definition) is 8. The van der Waals surface area contributed by atoms with Crippen LogP contribution in [0.4, 0.5) is 0 Å². The van der Waals surface area contributed by atoms with Gasteiger partial charge in [0.15, 0.2) is 35.2 Å². The monoisotopic (exact) mass is 562 g/mol. The summed E-state index contributed by atoms with van der Waals surface area (Å²) >= 11 is 0. The zero-order chi connectivity index (χ0) is 29.0. The summed E-state index contributed by atoms with van der Waals surface area (Å²) in [5, 5.41) is 84.0. The lowest BCUT2D eigenvalue weighted by Gasteiger charge is -2.43. The Morgan fingerprint density at radius 1 is 0.537 bits per heavy atom. The fourth-order valence-electron chi connectivity index (χ4n) is 5.25. The molecule has 2 aliphatic rings. The topological polar surface area (TPSA) is 190 Å². The van der Waals surface area contributed by atoms with E-state index in [1.54, 1.807) is 0 Å². The van der Waals surface area contributed by atoms with Gasteiger partial charge < -0.3 is 55.1 Å². The fraction of sp³-hybridized carbons (Fsp3) is 0.200. The highest BCUT2D eigenvalue weighted by Gasteiger charge is 2.47. The fourth-order valence-corrected chi connectivity index (χ4v) is 5.25. The molecule has 4 aromatic rings. The molecule has 0 saturated carbocycles. The van der Waals surface area contributed by atoms with Crippen LogP contribution in [0.2, 0.25) is 0 Å². The zero-order valence-corrected chi connectivity index (χ0v) is 21.2. The van der Waals surface area contributed by atoms with E-state index in [-0.39, 0.29) is 34.1 Å². The van der Waals surface area contributed by atoms with E-state index < -0.39 is 59.6 Å². The van der Waals surface area contributed by atoms with Gasteiger partial charge in [-0.25, -0.2) is 0 Å². The van der Waals surface area contributed by atoms with Gasteiger partial charge in [-0.05, 0) is 59.7 Å². The molecular formula is C30H26O11. The molecule has 0 amide bonds. The number of fused-ring (bicyclic) bond motifs is 2. The van der Waals surface area contributed by atoms with Crippen LogP contribution in [0.1, 0.15) is 46.7 Å². The molecule has 41 heavy (non-hydrogen) atoms. The van der Waals surface area contributed by atoms with Crippen molar-refractivity contribution in [2.75, 3.05) is 0 Å². The van der Waals surface area contributed by atoms with E-state index in [0.29, 0.717) is 11.1 Å². The molecule has 0 spiro atoms. The van der Waals surface area contributed by atoms with Crippen LogP contribution in [0.25, 0.3) is 0 Å². The Bertz CT molecular complexity index is 1590. The standard InChI is InChI=1S/C30H26O11/c31-15-5-1-13(2-6-15)25-24(38)29(18-10-12-20(34)23(37)28(18)39-25)41-30-21(35)17-9-11-19(33)22(36)27(17)40-26(30)14-3-7-16(32)8-4-14/h1-12,21,24-26,29-38H/t21-,24-,25+,26+,29-,30+/m0/s1. The van der Waals surface area contributed by atoms with E-state index in [1.165, 1.54) is 72.8 Å². The number of hydrogen-bond acceptors (Lipinski definition) is 11. The first kappa shape index (κ1) is 26.4. The van der Waals surface area contributed by atoms with Crippen molar-refractivity contribution in [3.63, 3.8) is 0 Å². The molecule has 0 fully saturated rings. The lowest BCUT2D eigenvalue weighted by Crippen LogP contribution is -2.43. The highest BCUT2D eigenvalue weighted by Crippen LogP contribution is 2.54. The van der Waals surface area contributed by atoms with Crippen molar-refractivity contribution in [1.29, 1.82) is 0 Å². The van der Waals surface area contributed by atoms with Crippen molar-refractivity contribution in [2.24, 2.45) is 0 Å². The van der Waals surface area contributed by atoms with Crippen LogP contribution in [0, 0.1) is 0 Å². The van der Waals surface area contributed by atoms with E-state index in [0.717, 1.165) is 0 Å². The Balaban J connectivity index is 1.46. The van der Waals surface area contributed by atoms with Crippen LogP contribution in [-0.2, 0) is 4.74 Å². The third-order valence-electron chi connectivity index (χ3n) is 7.37. The maximum Gasteiger partial charge on any atom is 0.200 e. The summed E-state index contributed by atoms with van der Waals surface area (Å²) in [6.45, 7) is 0. The van der Waals surface area contributed by atoms with Crippen molar-refractivity contribution < 1.29 is 55.1 Å². The summed E-state index contributed by atoms with van der Waals surface area (Å²) in [7, 11) is 0. The number of rotatable bonds is 4. The number of aliphatic hydroxyl groups is 2. The van der Waals surface area contributed by atoms with Gasteiger partial charge in [0.05, 0.1) is 0 Å². The van der Waals surface area contributed by atoms with Gasteiger partial charge in [-0.3, -0.25) is 0 Å². The number of phenolic OH excluding ortho intramolecular Hbond substituents is 6. The van der Waals surface area contributed by atoms with E-state index in [4.69, 9.17) is 14.2 Å². The Morgan fingerprint density at radius 2 is 1.00 bits per heavy atom. The number of aliphatic hydroxyl groups excluding tert-OH is 2. The van der Waals surface area contributed by atoms with Crippen molar-refractivity contribution in [3.8, 4) is 46.0 Å². The molecule has 2 aliphatic heterocycles. The van der Waals surface area contributed by atoms with Gasteiger partial charge in [-0.1, -0.05) is 24.3 Å². The highest BCUT2D eigenvalue weighted by molar-refractivity contribution is 5.58. The van der Waals surface area contributed by atoms with Crippen LogP contribution in [0.15, 0.2) is 72.8 Å². The average molecular weight is 563 g/mol. The molecule has 0 radical (unpaired) electrons. The Labute approximate surface area is 232 Å². The van der Waals surface area contributed by atoms with Crippen LogP contribution in [0.3, 0.4) is 0 Å². The smallest absolute Gasteiger partial charge is 0.200 e. The second kappa shape index (κ2) is 9.97. The van der Waals surface area contributed by atoms with E-state index >= 15 is 0 Å². The molecule has 0 aromatic heterocycles. The van der Waals surface area contributed by atoms with Crippen molar-refractivity contribution in [1.82, 2.24) is 0 Å². The van der Waals surface area contributed by atoms with Crippen molar-refractivity contribution >= 4 is 0 Å². The van der Waals surface area contributed by atoms with Gasteiger partial charge in [0.1, 0.15) is 35.9 Å². The summed E-state index contributed by atoms with van der Waals surface area (Å²) in [5.74, 6) is -2.41. The lowest BCUT2D eigenvalue weighted by molar-refractivity contribution is -0.184.